The van der Waals surface area contributed by atoms with Gasteiger partial charge in [-0.25, -0.2) is 13.1 Å². The molecule has 3 aromatic carbocycles. The first-order valence-electron chi connectivity index (χ1n) is 9.26. The van der Waals surface area contributed by atoms with E-state index in [1.54, 1.807) is 12.1 Å². The lowest BCUT2D eigenvalue weighted by Gasteiger charge is -2.20. The van der Waals surface area contributed by atoms with Crippen molar-refractivity contribution < 1.29 is 13.2 Å². The molecule has 3 rings (SSSR count). The molecule has 5 nitrogen and oxygen atoms in total. The van der Waals surface area contributed by atoms with Crippen LogP contribution in [0.15, 0.2) is 89.8 Å². The number of rotatable bonds is 10. The zero-order chi connectivity index (χ0) is 20.5. The SMILES string of the molecule is O=S(=O)(NC[C@@H](NCCOc1ccccc1)c1ccccc1)c1ccc(Cl)cc1. The second-order valence-corrected chi connectivity index (χ2v) is 8.59. The van der Waals surface area contributed by atoms with Gasteiger partial charge in [-0.2, -0.15) is 0 Å². The van der Waals surface area contributed by atoms with Crippen LogP contribution in [0.4, 0.5) is 0 Å². The first-order chi connectivity index (χ1) is 14.0. The van der Waals surface area contributed by atoms with Crippen LogP contribution in [0.2, 0.25) is 5.02 Å². The minimum absolute atomic E-state index is 0.182. The standard InChI is InChI=1S/C22H23ClN2O3S/c23-19-11-13-21(14-12-19)29(26,27)25-17-22(18-7-3-1-4-8-18)24-15-16-28-20-9-5-2-6-10-20/h1-14,22,24-25H,15-17H2/t22-/m1/s1. The summed E-state index contributed by atoms with van der Waals surface area (Å²) >= 11 is 5.85. The monoisotopic (exact) mass is 430 g/mol. The van der Waals surface area contributed by atoms with Gasteiger partial charge in [-0.1, -0.05) is 60.1 Å². The summed E-state index contributed by atoms with van der Waals surface area (Å²) < 4.78 is 33.6. The van der Waals surface area contributed by atoms with E-state index >= 15 is 0 Å². The Bertz CT molecular complexity index is 982. The number of benzene rings is 3. The van der Waals surface area contributed by atoms with Gasteiger partial charge in [-0.15, -0.1) is 0 Å². The van der Waals surface area contributed by atoms with Gasteiger partial charge in [-0.3, -0.25) is 0 Å². The predicted octanol–water partition coefficient (Wildman–Crippen LogP) is 4.03. The lowest BCUT2D eigenvalue weighted by atomic mass is 10.1. The zero-order valence-electron chi connectivity index (χ0n) is 15.8. The van der Waals surface area contributed by atoms with E-state index in [2.05, 4.69) is 10.0 Å². The fourth-order valence-corrected chi connectivity index (χ4v) is 3.98. The summed E-state index contributed by atoms with van der Waals surface area (Å²) in [6.45, 7) is 1.24. The quantitative estimate of drug-likeness (QED) is 0.476. The molecule has 7 heteroatoms. The Morgan fingerprint density at radius 1 is 0.862 bits per heavy atom. The molecule has 152 valence electrons. The van der Waals surface area contributed by atoms with E-state index in [9.17, 15) is 8.42 Å². The molecule has 0 heterocycles. The highest BCUT2D eigenvalue weighted by Crippen LogP contribution is 2.16. The van der Waals surface area contributed by atoms with Gasteiger partial charge in [0.2, 0.25) is 10.0 Å². The fraction of sp³-hybridized carbons (Fsp3) is 0.182. The third-order valence-electron chi connectivity index (χ3n) is 4.31. The number of hydrogen-bond donors (Lipinski definition) is 2. The van der Waals surface area contributed by atoms with Crippen molar-refractivity contribution in [1.82, 2.24) is 10.0 Å². The molecule has 0 aliphatic carbocycles. The number of ether oxygens (including phenoxy) is 1. The number of sulfonamides is 1. The van der Waals surface area contributed by atoms with E-state index in [1.165, 1.54) is 12.1 Å². The van der Waals surface area contributed by atoms with Crippen LogP contribution >= 0.6 is 11.6 Å². The largest absolute Gasteiger partial charge is 0.492 e. The molecule has 0 aliphatic rings. The molecule has 0 amide bonds. The van der Waals surface area contributed by atoms with Crippen LogP contribution in [0.3, 0.4) is 0 Å². The number of hydrogen-bond acceptors (Lipinski definition) is 4. The van der Waals surface area contributed by atoms with E-state index in [-0.39, 0.29) is 17.5 Å². The highest BCUT2D eigenvalue weighted by molar-refractivity contribution is 7.89. The van der Waals surface area contributed by atoms with Crippen molar-refractivity contribution in [1.29, 1.82) is 0 Å². The van der Waals surface area contributed by atoms with Crippen LogP contribution < -0.4 is 14.8 Å². The summed E-state index contributed by atoms with van der Waals surface area (Å²) in [7, 11) is -3.63. The molecule has 3 aromatic rings. The highest BCUT2D eigenvalue weighted by atomic mass is 35.5. The van der Waals surface area contributed by atoms with E-state index in [0.717, 1.165) is 11.3 Å². The Morgan fingerprint density at radius 2 is 1.48 bits per heavy atom. The lowest BCUT2D eigenvalue weighted by molar-refractivity contribution is 0.305. The van der Waals surface area contributed by atoms with E-state index in [0.29, 0.717) is 18.2 Å². The molecule has 0 saturated heterocycles. The first kappa shape index (κ1) is 21.3. The maximum atomic E-state index is 12.6. The minimum atomic E-state index is -3.63. The van der Waals surface area contributed by atoms with Crippen molar-refractivity contribution in [2.24, 2.45) is 0 Å². The highest BCUT2D eigenvalue weighted by Gasteiger charge is 2.18. The molecule has 1 atom stereocenters. The van der Waals surface area contributed by atoms with Crippen LogP contribution in [0, 0.1) is 0 Å². The Labute approximate surface area is 176 Å². The molecule has 0 unspecified atom stereocenters. The molecule has 0 saturated carbocycles. The van der Waals surface area contributed by atoms with Crippen LogP contribution in [-0.2, 0) is 10.0 Å². The summed E-state index contributed by atoms with van der Waals surface area (Å²) in [6.07, 6.45) is 0. The van der Waals surface area contributed by atoms with Gasteiger partial charge in [0.1, 0.15) is 12.4 Å². The first-order valence-corrected chi connectivity index (χ1v) is 11.1. The molecular weight excluding hydrogens is 408 g/mol. The molecule has 0 fully saturated rings. The summed E-state index contributed by atoms with van der Waals surface area (Å²) in [5.41, 5.74) is 0.992. The molecule has 0 radical (unpaired) electrons. The van der Waals surface area contributed by atoms with Crippen molar-refractivity contribution in [3.05, 3.63) is 95.5 Å². The molecular formula is C22H23ClN2O3S. The third-order valence-corrected chi connectivity index (χ3v) is 6.00. The summed E-state index contributed by atoms with van der Waals surface area (Å²) in [5, 5.41) is 3.86. The molecule has 0 aliphatic heterocycles. The van der Waals surface area contributed by atoms with Crippen LogP contribution in [0.1, 0.15) is 11.6 Å². The van der Waals surface area contributed by atoms with Crippen molar-refractivity contribution >= 4 is 21.6 Å². The molecule has 0 spiro atoms. The Morgan fingerprint density at radius 3 is 2.14 bits per heavy atom. The second-order valence-electron chi connectivity index (χ2n) is 6.38. The van der Waals surface area contributed by atoms with Crippen molar-refractivity contribution in [2.45, 2.75) is 10.9 Å². The third kappa shape index (κ3) is 6.58. The maximum absolute atomic E-state index is 12.6. The summed E-state index contributed by atoms with van der Waals surface area (Å²) in [5.74, 6) is 0.800. The molecule has 0 aromatic heterocycles. The van der Waals surface area contributed by atoms with Gasteiger partial charge in [0, 0.05) is 24.2 Å². The molecule has 2 N–H and O–H groups in total. The Hall–Kier alpha value is -2.38. The fourth-order valence-electron chi connectivity index (χ4n) is 2.80. The predicted molar refractivity (Wildman–Crippen MR) is 116 cm³/mol. The van der Waals surface area contributed by atoms with E-state index < -0.39 is 10.0 Å². The summed E-state index contributed by atoms with van der Waals surface area (Å²) in [4.78, 5) is 0.182. The topological polar surface area (TPSA) is 67.4 Å². The second kappa shape index (κ2) is 10.4. The molecule has 0 bridgehead atoms. The van der Waals surface area contributed by atoms with Gasteiger partial charge in [0.15, 0.2) is 0 Å². The van der Waals surface area contributed by atoms with Crippen LogP contribution in [-0.4, -0.2) is 28.1 Å². The van der Waals surface area contributed by atoms with Gasteiger partial charge in [0.25, 0.3) is 0 Å². The average Bonchev–Trinajstić information content (AvgIpc) is 2.75. The van der Waals surface area contributed by atoms with Gasteiger partial charge >= 0.3 is 0 Å². The lowest BCUT2D eigenvalue weighted by Crippen LogP contribution is -2.36. The number of nitrogens with one attached hydrogen (secondary N) is 2. The number of para-hydroxylation sites is 1. The minimum Gasteiger partial charge on any atom is -0.492 e. The zero-order valence-corrected chi connectivity index (χ0v) is 17.4. The van der Waals surface area contributed by atoms with Gasteiger partial charge in [-0.05, 0) is 42.0 Å². The van der Waals surface area contributed by atoms with Crippen molar-refractivity contribution in [2.75, 3.05) is 19.7 Å². The van der Waals surface area contributed by atoms with Gasteiger partial charge < -0.3 is 10.1 Å². The maximum Gasteiger partial charge on any atom is 0.240 e. The summed E-state index contributed by atoms with van der Waals surface area (Å²) in [6, 6.07) is 25.2. The van der Waals surface area contributed by atoms with E-state index in [1.807, 2.05) is 60.7 Å². The molecule has 29 heavy (non-hydrogen) atoms. The smallest absolute Gasteiger partial charge is 0.240 e. The Kier molecular flexibility index (Phi) is 7.66. The van der Waals surface area contributed by atoms with Gasteiger partial charge in [0.05, 0.1) is 4.90 Å². The van der Waals surface area contributed by atoms with Crippen molar-refractivity contribution in [3.8, 4) is 5.75 Å². The normalized spacial score (nSPS) is 12.4. The van der Waals surface area contributed by atoms with Crippen LogP contribution in [0.5, 0.6) is 5.75 Å². The average molecular weight is 431 g/mol. The number of halogens is 1. The van der Waals surface area contributed by atoms with Crippen LogP contribution in [0.25, 0.3) is 0 Å². The Balaban J connectivity index is 1.60. The van der Waals surface area contributed by atoms with E-state index in [4.69, 9.17) is 16.3 Å². The van der Waals surface area contributed by atoms with Crippen molar-refractivity contribution in [3.63, 3.8) is 0 Å².